The third kappa shape index (κ3) is 2.71. The van der Waals surface area contributed by atoms with Gasteiger partial charge in [0.15, 0.2) is 0 Å². The summed E-state index contributed by atoms with van der Waals surface area (Å²) in [4.78, 5) is 4.49. The molecule has 1 heterocycles. The smallest absolute Gasteiger partial charge is 0.124 e. The van der Waals surface area contributed by atoms with Crippen LogP contribution in [-0.2, 0) is 6.42 Å². The van der Waals surface area contributed by atoms with Gasteiger partial charge in [-0.2, -0.15) is 0 Å². The maximum atomic E-state index is 13.2. The summed E-state index contributed by atoms with van der Waals surface area (Å²) in [7, 11) is 0. The predicted molar refractivity (Wildman–Crippen MR) is 81.4 cm³/mol. The Morgan fingerprint density at radius 2 is 1.95 bits per heavy atom. The van der Waals surface area contributed by atoms with Gasteiger partial charge in [-0.25, -0.2) is 9.37 Å². The van der Waals surface area contributed by atoms with Crippen LogP contribution in [-0.4, -0.2) is 4.98 Å². The van der Waals surface area contributed by atoms with Crippen molar-refractivity contribution in [1.29, 1.82) is 0 Å². The van der Waals surface area contributed by atoms with Gasteiger partial charge in [-0.1, -0.05) is 29.8 Å². The number of hydrogen-bond acceptors (Lipinski definition) is 3. The average Bonchev–Trinajstić information content (AvgIpc) is 2.84. The van der Waals surface area contributed by atoms with E-state index in [0.717, 1.165) is 21.6 Å². The van der Waals surface area contributed by atoms with E-state index in [1.807, 2.05) is 0 Å². The quantitative estimate of drug-likeness (QED) is 0.790. The van der Waals surface area contributed by atoms with Gasteiger partial charge in [-0.15, -0.1) is 11.3 Å². The summed E-state index contributed by atoms with van der Waals surface area (Å²) in [5, 5.41) is 0.853. The van der Waals surface area contributed by atoms with Crippen molar-refractivity contribution >= 4 is 21.6 Å². The highest BCUT2D eigenvalue weighted by Gasteiger charge is 2.13. The third-order valence-corrected chi connectivity index (χ3v) is 4.41. The van der Waals surface area contributed by atoms with Gasteiger partial charge in [0, 0.05) is 0 Å². The second kappa shape index (κ2) is 5.31. The van der Waals surface area contributed by atoms with Crippen LogP contribution in [0.5, 0.6) is 0 Å². The van der Waals surface area contributed by atoms with Crippen LogP contribution in [0.1, 0.15) is 22.2 Å². The normalized spacial score (nSPS) is 12.8. The minimum atomic E-state index is -0.236. The van der Waals surface area contributed by atoms with E-state index >= 15 is 0 Å². The highest BCUT2D eigenvalue weighted by molar-refractivity contribution is 7.18. The molecule has 1 atom stereocenters. The monoisotopic (exact) mass is 286 g/mol. The molecule has 0 aliphatic rings. The second-order valence-electron chi connectivity index (χ2n) is 4.96. The van der Waals surface area contributed by atoms with Gasteiger partial charge in [-0.3, -0.25) is 0 Å². The average molecular weight is 286 g/mol. The fourth-order valence-electron chi connectivity index (χ4n) is 2.14. The van der Waals surface area contributed by atoms with E-state index in [-0.39, 0.29) is 11.9 Å². The van der Waals surface area contributed by atoms with Crippen molar-refractivity contribution in [3.8, 4) is 0 Å². The number of nitrogens with zero attached hydrogens (tertiary/aromatic N) is 1. The summed E-state index contributed by atoms with van der Waals surface area (Å²) in [5.74, 6) is -0.236. The van der Waals surface area contributed by atoms with Crippen LogP contribution in [0, 0.1) is 12.7 Å². The van der Waals surface area contributed by atoms with E-state index in [1.165, 1.54) is 34.6 Å². The molecule has 0 amide bonds. The van der Waals surface area contributed by atoms with Crippen LogP contribution in [0.3, 0.4) is 0 Å². The van der Waals surface area contributed by atoms with E-state index in [4.69, 9.17) is 5.73 Å². The maximum Gasteiger partial charge on any atom is 0.124 e. The van der Waals surface area contributed by atoms with E-state index in [2.05, 4.69) is 36.2 Å². The summed E-state index contributed by atoms with van der Waals surface area (Å²) in [5.41, 5.74) is 9.45. The van der Waals surface area contributed by atoms with Gasteiger partial charge in [0.2, 0.25) is 0 Å². The number of aromatic nitrogens is 1. The Morgan fingerprint density at radius 3 is 2.70 bits per heavy atom. The first-order valence-corrected chi connectivity index (χ1v) is 7.30. The number of thiazole rings is 1. The molecule has 102 valence electrons. The lowest BCUT2D eigenvalue weighted by atomic mass is 10.1. The van der Waals surface area contributed by atoms with Crippen molar-refractivity contribution in [3.05, 3.63) is 64.4 Å². The standard InChI is InChI=1S/C16H15FN2S/c1-10-2-4-11(5-3-10)8-13(18)16-19-14-7-6-12(17)9-15(14)20-16/h2-7,9,13H,8,18H2,1H3. The fourth-order valence-corrected chi connectivity index (χ4v) is 3.13. The molecule has 0 saturated heterocycles. The molecule has 0 radical (unpaired) electrons. The van der Waals surface area contributed by atoms with E-state index in [0.29, 0.717) is 0 Å². The molecule has 4 heteroatoms. The Hall–Kier alpha value is -1.78. The molecule has 1 aromatic heterocycles. The lowest BCUT2D eigenvalue weighted by Gasteiger charge is -2.08. The summed E-state index contributed by atoms with van der Waals surface area (Å²) in [6, 6.07) is 12.8. The summed E-state index contributed by atoms with van der Waals surface area (Å²) in [6.07, 6.45) is 0.739. The minimum absolute atomic E-state index is 0.154. The Kier molecular flexibility index (Phi) is 3.51. The number of hydrogen-bond donors (Lipinski definition) is 1. The molecular formula is C16H15FN2S. The molecular weight excluding hydrogens is 271 g/mol. The largest absolute Gasteiger partial charge is 0.322 e. The minimum Gasteiger partial charge on any atom is -0.322 e. The molecule has 0 aliphatic carbocycles. The first kappa shape index (κ1) is 13.2. The van der Waals surface area contributed by atoms with Crippen molar-refractivity contribution in [2.45, 2.75) is 19.4 Å². The number of nitrogens with two attached hydrogens (primary N) is 1. The van der Waals surface area contributed by atoms with Gasteiger partial charge in [0.1, 0.15) is 10.8 Å². The fraction of sp³-hybridized carbons (Fsp3) is 0.188. The van der Waals surface area contributed by atoms with Crippen molar-refractivity contribution in [2.24, 2.45) is 5.73 Å². The van der Waals surface area contributed by atoms with Gasteiger partial charge in [0.25, 0.3) is 0 Å². The molecule has 2 nitrogen and oxygen atoms in total. The molecule has 3 aromatic rings. The molecule has 0 saturated carbocycles. The van der Waals surface area contributed by atoms with Crippen molar-refractivity contribution in [2.75, 3.05) is 0 Å². The second-order valence-corrected chi connectivity index (χ2v) is 6.02. The Bertz CT molecular complexity index is 734. The molecule has 0 fully saturated rings. The van der Waals surface area contributed by atoms with E-state index < -0.39 is 0 Å². The third-order valence-electron chi connectivity index (χ3n) is 3.26. The zero-order valence-electron chi connectivity index (χ0n) is 11.1. The van der Waals surface area contributed by atoms with Crippen molar-refractivity contribution < 1.29 is 4.39 Å². The lowest BCUT2D eigenvalue weighted by molar-refractivity contribution is 0.630. The van der Waals surface area contributed by atoms with Crippen LogP contribution >= 0.6 is 11.3 Å². The molecule has 20 heavy (non-hydrogen) atoms. The SMILES string of the molecule is Cc1ccc(CC(N)c2nc3ccc(F)cc3s2)cc1. The van der Waals surface area contributed by atoms with Gasteiger partial charge in [-0.05, 0) is 37.1 Å². The van der Waals surface area contributed by atoms with Crippen LogP contribution in [0.15, 0.2) is 42.5 Å². The van der Waals surface area contributed by atoms with E-state index in [1.54, 1.807) is 6.07 Å². The predicted octanol–water partition coefficient (Wildman–Crippen LogP) is 3.99. The van der Waals surface area contributed by atoms with Crippen molar-refractivity contribution in [3.63, 3.8) is 0 Å². The highest BCUT2D eigenvalue weighted by Crippen LogP contribution is 2.27. The topological polar surface area (TPSA) is 38.9 Å². The number of halogens is 1. The zero-order valence-corrected chi connectivity index (χ0v) is 12.0. The number of aryl methyl sites for hydroxylation is 1. The molecule has 3 rings (SSSR count). The molecule has 0 aliphatic heterocycles. The number of rotatable bonds is 3. The van der Waals surface area contributed by atoms with Crippen molar-refractivity contribution in [1.82, 2.24) is 4.98 Å². The highest BCUT2D eigenvalue weighted by atomic mass is 32.1. The molecule has 2 N–H and O–H groups in total. The molecule has 0 bridgehead atoms. The number of fused-ring (bicyclic) bond motifs is 1. The first-order chi connectivity index (χ1) is 9.61. The Labute approximate surface area is 121 Å². The van der Waals surface area contributed by atoms with Crippen LogP contribution in [0.4, 0.5) is 4.39 Å². The number of benzene rings is 2. The summed E-state index contributed by atoms with van der Waals surface area (Å²) < 4.78 is 14.0. The van der Waals surface area contributed by atoms with Gasteiger partial charge in [0.05, 0.1) is 16.3 Å². The van der Waals surface area contributed by atoms with Gasteiger partial charge >= 0.3 is 0 Å². The zero-order chi connectivity index (χ0) is 14.1. The first-order valence-electron chi connectivity index (χ1n) is 6.49. The van der Waals surface area contributed by atoms with E-state index in [9.17, 15) is 4.39 Å². The summed E-state index contributed by atoms with van der Waals surface area (Å²) >= 11 is 1.47. The summed E-state index contributed by atoms with van der Waals surface area (Å²) in [6.45, 7) is 2.06. The molecule has 1 unspecified atom stereocenters. The van der Waals surface area contributed by atoms with Crippen LogP contribution in [0.2, 0.25) is 0 Å². The lowest BCUT2D eigenvalue weighted by Crippen LogP contribution is -2.12. The maximum absolute atomic E-state index is 13.2. The van der Waals surface area contributed by atoms with Gasteiger partial charge < -0.3 is 5.73 Å². The van der Waals surface area contributed by atoms with Crippen LogP contribution < -0.4 is 5.73 Å². The van der Waals surface area contributed by atoms with Crippen LogP contribution in [0.25, 0.3) is 10.2 Å². The Balaban J connectivity index is 1.84. The Morgan fingerprint density at radius 1 is 1.20 bits per heavy atom. The molecule has 2 aromatic carbocycles. The molecule has 0 spiro atoms.